The van der Waals surface area contributed by atoms with E-state index < -0.39 is 23.5 Å². The van der Waals surface area contributed by atoms with E-state index in [1.807, 2.05) is 24.3 Å². The van der Waals surface area contributed by atoms with Gasteiger partial charge in [-0.3, -0.25) is 9.59 Å². The Morgan fingerprint density at radius 3 is 2.39 bits per heavy atom. The number of hydrogen-bond donors (Lipinski definition) is 3. The molecule has 33 heavy (non-hydrogen) atoms. The molecule has 4 aromatic rings. The van der Waals surface area contributed by atoms with E-state index in [2.05, 4.69) is 4.98 Å². The second-order valence-electron chi connectivity index (χ2n) is 7.89. The molecule has 1 atom stereocenters. The summed E-state index contributed by atoms with van der Waals surface area (Å²) in [6.45, 7) is 0.0427. The number of aromatic nitrogens is 1. The van der Waals surface area contributed by atoms with Gasteiger partial charge in [0.2, 0.25) is 0 Å². The monoisotopic (exact) mass is 442 g/mol. The number of H-pyrrole nitrogens is 1. The van der Waals surface area contributed by atoms with Crippen LogP contribution in [0.2, 0.25) is 0 Å². The van der Waals surface area contributed by atoms with E-state index >= 15 is 0 Å². The number of likely N-dealkylation sites (tertiary alicyclic amines) is 1. The first-order valence-corrected chi connectivity index (χ1v) is 10.3. The number of carbonyl (C=O) groups is 2. The number of phenolic OH excluding ortho intramolecular Hbond substituents is 1. The lowest BCUT2D eigenvalue weighted by Crippen LogP contribution is -2.29. The summed E-state index contributed by atoms with van der Waals surface area (Å²) in [7, 11) is 0. The highest BCUT2D eigenvalue weighted by atomic mass is 19.1. The summed E-state index contributed by atoms with van der Waals surface area (Å²) in [5.41, 5.74) is 2.33. The number of amides is 1. The van der Waals surface area contributed by atoms with Crippen molar-refractivity contribution in [3.63, 3.8) is 0 Å². The minimum absolute atomic E-state index is 0.0332. The number of hydrogen-bond acceptors (Lipinski definition) is 4. The summed E-state index contributed by atoms with van der Waals surface area (Å²) < 4.78 is 13.4. The zero-order valence-corrected chi connectivity index (χ0v) is 17.3. The fourth-order valence-corrected chi connectivity index (χ4v) is 4.25. The van der Waals surface area contributed by atoms with Crippen LogP contribution in [0.25, 0.3) is 16.7 Å². The first-order valence-electron chi connectivity index (χ1n) is 10.3. The molecule has 0 saturated carbocycles. The number of rotatable bonds is 4. The summed E-state index contributed by atoms with van der Waals surface area (Å²) in [6.07, 6.45) is 1.60. The molecule has 3 aromatic carbocycles. The maximum atomic E-state index is 13.4. The largest absolute Gasteiger partial charge is 0.508 e. The molecule has 1 aliphatic heterocycles. The van der Waals surface area contributed by atoms with Gasteiger partial charge in [-0.15, -0.1) is 0 Å². The van der Waals surface area contributed by atoms with Crippen LogP contribution in [0.5, 0.6) is 5.75 Å². The van der Waals surface area contributed by atoms with Crippen LogP contribution < -0.4 is 0 Å². The molecule has 0 aliphatic carbocycles. The number of ketones is 1. The van der Waals surface area contributed by atoms with Crippen molar-refractivity contribution in [2.24, 2.45) is 0 Å². The first-order chi connectivity index (χ1) is 15.9. The maximum Gasteiger partial charge on any atom is 0.295 e. The minimum Gasteiger partial charge on any atom is -0.508 e. The van der Waals surface area contributed by atoms with Crippen molar-refractivity contribution in [1.82, 2.24) is 9.88 Å². The number of para-hydroxylation sites is 1. The van der Waals surface area contributed by atoms with E-state index in [1.165, 1.54) is 29.2 Å². The van der Waals surface area contributed by atoms with Gasteiger partial charge in [0.05, 0.1) is 11.6 Å². The van der Waals surface area contributed by atoms with Crippen molar-refractivity contribution in [2.45, 2.75) is 12.6 Å². The topological polar surface area (TPSA) is 93.6 Å². The molecular formula is C26H19FN2O4. The second kappa shape index (κ2) is 7.94. The van der Waals surface area contributed by atoms with Gasteiger partial charge in [-0.1, -0.05) is 42.5 Å². The standard InChI is InChI=1S/C26H19FN2O4/c27-17-9-5-15(6-10-17)14-29-23(16-7-11-18(30)12-8-16)22(25(32)26(29)33)24(31)20-13-28-21-4-2-1-3-19(20)21/h1-13,23,28,30-31H,14H2/b24-22-. The minimum atomic E-state index is -0.885. The summed E-state index contributed by atoms with van der Waals surface area (Å²) in [4.78, 5) is 30.6. The number of benzene rings is 3. The third-order valence-corrected chi connectivity index (χ3v) is 5.86. The molecule has 1 unspecified atom stereocenters. The van der Waals surface area contributed by atoms with Gasteiger partial charge < -0.3 is 20.1 Å². The Labute approximate surface area is 188 Å². The molecule has 0 spiro atoms. The van der Waals surface area contributed by atoms with Crippen LogP contribution in [0.4, 0.5) is 4.39 Å². The van der Waals surface area contributed by atoms with E-state index in [9.17, 15) is 24.2 Å². The second-order valence-corrected chi connectivity index (χ2v) is 7.89. The first kappa shape index (κ1) is 20.5. The van der Waals surface area contributed by atoms with Crippen LogP contribution >= 0.6 is 0 Å². The van der Waals surface area contributed by atoms with Gasteiger partial charge in [0.25, 0.3) is 11.7 Å². The molecule has 1 amide bonds. The number of fused-ring (bicyclic) bond motifs is 1. The Bertz CT molecular complexity index is 1400. The number of halogens is 1. The Kier molecular flexibility index (Phi) is 4.94. The number of phenols is 1. The van der Waals surface area contributed by atoms with Gasteiger partial charge in [-0.2, -0.15) is 0 Å². The highest BCUT2D eigenvalue weighted by Gasteiger charge is 2.46. The lowest BCUT2D eigenvalue weighted by atomic mass is 9.95. The predicted octanol–water partition coefficient (Wildman–Crippen LogP) is 4.63. The average Bonchev–Trinajstić information content (AvgIpc) is 3.36. The number of aromatic hydroxyl groups is 1. The van der Waals surface area contributed by atoms with Crippen molar-refractivity contribution < 1.29 is 24.2 Å². The maximum absolute atomic E-state index is 13.4. The van der Waals surface area contributed by atoms with E-state index in [0.717, 1.165) is 5.52 Å². The summed E-state index contributed by atoms with van der Waals surface area (Å²) in [5, 5.41) is 21.7. The van der Waals surface area contributed by atoms with Gasteiger partial charge in [-0.05, 0) is 41.5 Å². The third kappa shape index (κ3) is 3.53. The van der Waals surface area contributed by atoms with Crippen molar-refractivity contribution in [2.75, 3.05) is 0 Å². The number of nitrogens with zero attached hydrogens (tertiary/aromatic N) is 1. The normalized spacial score (nSPS) is 17.7. The summed E-state index contributed by atoms with van der Waals surface area (Å²) >= 11 is 0. The zero-order chi connectivity index (χ0) is 23.1. The molecule has 0 radical (unpaired) electrons. The molecule has 164 valence electrons. The number of aliphatic hydroxyl groups excluding tert-OH is 1. The van der Waals surface area contributed by atoms with Crippen LogP contribution in [0.1, 0.15) is 22.7 Å². The molecule has 1 fully saturated rings. The van der Waals surface area contributed by atoms with E-state index in [4.69, 9.17) is 0 Å². The van der Waals surface area contributed by atoms with Crippen LogP contribution in [0, 0.1) is 5.82 Å². The van der Waals surface area contributed by atoms with Crippen molar-refractivity contribution in [3.05, 3.63) is 107 Å². The molecule has 3 N–H and O–H groups in total. The molecule has 7 heteroatoms. The number of carbonyl (C=O) groups excluding carboxylic acids is 2. The van der Waals surface area contributed by atoms with E-state index in [-0.39, 0.29) is 23.6 Å². The highest BCUT2D eigenvalue weighted by molar-refractivity contribution is 6.46. The molecule has 2 heterocycles. The quantitative estimate of drug-likeness (QED) is 0.244. The summed E-state index contributed by atoms with van der Waals surface area (Å²) in [5.74, 6) is -2.23. The van der Waals surface area contributed by atoms with Gasteiger partial charge in [0, 0.05) is 29.2 Å². The van der Waals surface area contributed by atoms with Gasteiger partial charge in [0.15, 0.2) is 0 Å². The zero-order valence-electron chi connectivity index (χ0n) is 17.3. The lowest BCUT2D eigenvalue weighted by molar-refractivity contribution is -0.140. The van der Waals surface area contributed by atoms with Crippen LogP contribution in [0.15, 0.2) is 84.6 Å². The van der Waals surface area contributed by atoms with Gasteiger partial charge in [0.1, 0.15) is 17.3 Å². The van der Waals surface area contributed by atoms with E-state index in [1.54, 1.807) is 30.5 Å². The molecule has 5 rings (SSSR count). The van der Waals surface area contributed by atoms with Crippen molar-refractivity contribution in [1.29, 1.82) is 0 Å². The molecule has 0 bridgehead atoms. The number of aromatic amines is 1. The van der Waals surface area contributed by atoms with Crippen molar-refractivity contribution >= 4 is 28.4 Å². The van der Waals surface area contributed by atoms with Crippen LogP contribution in [-0.2, 0) is 16.1 Å². The van der Waals surface area contributed by atoms with Crippen molar-refractivity contribution in [3.8, 4) is 5.75 Å². The Balaban J connectivity index is 1.67. The molecule has 6 nitrogen and oxygen atoms in total. The lowest BCUT2D eigenvalue weighted by Gasteiger charge is -2.25. The van der Waals surface area contributed by atoms with Crippen LogP contribution in [-0.4, -0.2) is 31.8 Å². The smallest absolute Gasteiger partial charge is 0.295 e. The fraction of sp³-hybridized carbons (Fsp3) is 0.0769. The average molecular weight is 442 g/mol. The third-order valence-electron chi connectivity index (χ3n) is 5.86. The Hall–Kier alpha value is -4.39. The highest BCUT2D eigenvalue weighted by Crippen LogP contribution is 2.41. The predicted molar refractivity (Wildman–Crippen MR) is 121 cm³/mol. The SMILES string of the molecule is O=C1C(=O)N(Cc2ccc(F)cc2)C(c2ccc(O)cc2)/C1=C(/O)c1c[nH]c2ccccc12. The number of nitrogens with one attached hydrogen (secondary N) is 1. The number of Topliss-reactive ketones (excluding diaryl/α,β-unsaturated/α-hetero) is 1. The molecular weight excluding hydrogens is 423 g/mol. The van der Waals surface area contributed by atoms with Crippen LogP contribution in [0.3, 0.4) is 0 Å². The summed E-state index contributed by atoms with van der Waals surface area (Å²) in [6, 6.07) is 18.2. The Morgan fingerprint density at radius 1 is 0.970 bits per heavy atom. The Morgan fingerprint density at radius 2 is 1.67 bits per heavy atom. The molecule has 1 aromatic heterocycles. The molecule has 1 saturated heterocycles. The van der Waals surface area contributed by atoms with Gasteiger partial charge in [-0.25, -0.2) is 4.39 Å². The fourth-order valence-electron chi connectivity index (χ4n) is 4.25. The molecule has 1 aliphatic rings. The van der Waals surface area contributed by atoms with Gasteiger partial charge >= 0.3 is 0 Å². The van der Waals surface area contributed by atoms with E-state index in [0.29, 0.717) is 22.1 Å². The number of aliphatic hydroxyl groups is 1.